The summed E-state index contributed by atoms with van der Waals surface area (Å²) in [5, 5.41) is 25.5. The topological polar surface area (TPSA) is 96.6 Å². The molecule has 178 valence electrons. The zero-order valence-corrected chi connectivity index (χ0v) is 21.9. The summed E-state index contributed by atoms with van der Waals surface area (Å²) in [5.74, 6) is 2.97. The summed E-state index contributed by atoms with van der Waals surface area (Å²) < 4.78 is 7.66. The van der Waals surface area contributed by atoms with Gasteiger partial charge in [0.05, 0.1) is 25.3 Å². The predicted molar refractivity (Wildman–Crippen MR) is 141 cm³/mol. The van der Waals surface area contributed by atoms with Gasteiger partial charge < -0.3 is 25.0 Å². The number of hydrogen-bond acceptors (Lipinski definition) is 5. The van der Waals surface area contributed by atoms with Crippen molar-refractivity contribution in [2.45, 2.75) is 46.1 Å². The number of aliphatic hydroxyl groups excluding tert-OH is 1. The van der Waals surface area contributed by atoms with E-state index in [0.29, 0.717) is 25.6 Å². The summed E-state index contributed by atoms with van der Waals surface area (Å²) in [5.41, 5.74) is 1.88. The van der Waals surface area contributed by atoms with Crippen LogP contribution in [0, 0.1) is 6.92 Å². The van der Waals surface area contributed by atoms with Gasteiger partial charge in [0.1, 0.15) is 11.6 Å². The normalized spacial score (nSPS) is 12.2. The third-order valence-electron chi connectivity index (χ3n) is 4.94. The number of guanidine groups is 1. The van der Waals surface area contributed by atoms with Crippen LogP contribution in [-0.2, 0) is 20.1 Å². The number of nitrogens with one attached hydrogen (secondary N) is 2. The molecule has 8 nitrogen and oxygen atoms in total. The molecule has 0 radical (unpaired) electrons. The second kappa shape index (κ2) is 13.1. The van der Waals surface area contributed by atoms with Gasteiger partial charge in [-0.2, -0.15) is 0 Å². The first-order valence-electron chi connectivity index (χ1n) is 10.8. The van der Waals surface area contributed by atoms with Crippen LogP contribution < -0.4 is 15.4 Å². The van der Waals surface area contributed by atoms with Crippen LogP contribution in [-0.4, -0.2) is 38.5 Å². The third kappa shape index (κ3) is 8.32. The maximum Gasteiger partial charge on any atom is 0.192 e. The number of nitrogens with zero attached hydrogens (tertiary/aromatic N) is 4. The Morgan fingerprint density at radius 2 is 1.85 bits per heavy atom. The predicted octanol–water partition coefficient (Wildman–Crippen LogP) is 3.50. The molecular formula is C24H33IN6O2. The van der Waals surface area contributed by atoms with E-state index < -0.39 is 6.10 Å². The number of aliphatic imine (C=N–C) groups is 1. The SMILES string of the molecule is Cc1nnc(CNC(=NCc2ccccc2)NCC(O)c2cccc(OC(C)C)c2)n1C.I. The van der Waals surface area contributed by atoms with Gasteiger partial charge >= 0.3 is 0 Å². The Kier molecular flexibility index (Phi) is 10.6. The first-order valence-corrected chi connectivity index (χ1v) is 10.8. The molecule has 0 aliphatic heterocycles. The molecule has 3 rings (SSSR count). The average Bonchev–Trinajstić information content (AvgIpc) is 3.11. The maximum atomic E-state index is 10.7. The van der Waals surface area contributed by atoms with Gasteiger partial charge in [-0.25, -0.2) is 4.99 Å². The zero-order chi connectivity index (χ0) is 22.9. The minimum absolute atomic E-state index is 0. The van der Waals surface area contributed by atoms with Gasteiger partial charge in [-0.05, 0) is 44.0 Å². The van der Waals surface area contributed by atoms with Crippen LogP contribution in [0.15, 0.2) is 59.6 Å². The van der Waals surface area contributed by atoms with Crippen molar-refractivity contribution in [3.63, 3.8) is 0 Å². The minimum Gasteiger partial charge on any atom is -0.491 e. The number of hydrogen-bond donors (Lipinski definition) is 3. The quantitative estimate of drug-likeness (QED) is 0.209. The van der Waals surface area contributed by atoms with Crippen molar-refractivity contribution < 1.29 is 9.84 Å². The molecule has 0 bridgehead atoms. The molecule has 1 aromatic heterocycles. The number of rotatable bonds is 9. The minimum atomic E-state index is -0.716. The number of halogens is 1. The standard InChI is InChI=1S/C24H32N6O2.HI/c1-17(2)32-21-12-8-11-20(13-21)22(31)15-26-24(25-14-19-9-6-5-7-10-19)27-16-23-29-28-18(3)30(23)4;/h5-13,17,22,31H,14-16H2,1-4H3,(H2,25,26,27);1H. The molecular weight excluding hydrogens is 531 g/mol. The number of aliphatic hydroxyl groups is 1. The molecule has 9 heteroatoms. The Hall–Kier alpha value is -2.66. The summed E-state index contributed by atoms with van der Waals surface area (Å²) in [6.07, 6.45) is -0.641. The van der Waals surface area contributed by atoms with Gasteiger partial charge in [-0.1, -0.05) is 42.5 Å². The van der Waals surface area contributed by atoms with E-state index >= 15 is 0 Å². The molecule has 3 aromatic rings. The second-order valence-corrected chi connectivity index (χ2v) is 7.86. The molecule has 0 spiro atoms. The lowest BCUT2D eigenvalue weighted by Gasteiger charge is -2.17. The highest BCUT2D eigenvalue weighted by Crippen LogP contribution is 2.20. The molecule has 1 atom stereocenters. The summed E-state index contributed by atoms with van der Waals surface area (Å²) in [6.45, 7) is 7.14. The maximum absolute atomic E-state index is 10.7. The Morgan fingerprint density at radius 3 is 2.52 bits per heavy atom. The van der Waals surface area contributed by atoms with Crippen LogP contribution in [0.25, 0.3) is 0 Å². The van der Waals surface area contributed by atoms with Gasteiger partial charge in [-0.3, -0.25) is 0 Å². The smallest absolute Gasteiger partial charge is 0.192 e. The summed E-state index contributed by atoms with van der Waals surface area (Å²) in [4.78, 5) is 4.67. The van der Waals surface area contributed by atoms with E-state index in [1.807, 2.05) is 87.0 Å². The van der Waals surface area contributed by atoms with Crippen LogP contribution in [0.2, 0.25) is 0 Å². The molecule has 0 aliphatic carbocycles. The molecule has 3 N–H and O–H groups in total. The van der Waals surface area contributed by atoms with Crippen LogP contribution in [0.1, 0.15) is 42.7 Å². The first-order chi connectivity index (χ1) is 15.4. The van der Waals surface area contributed by atoms with Crippen molar-refractivity contribution >= 4 is 29.9 Å². The Labute approximate surface area is 212 Å². The Morgan fingerprint density at radius 1 is 1.09 bits per heavy atom. The van der Waals surface area contributed by atoms with E-state index in [0.717, 1.165) is 28.5 Å². The average molecular weight is 564 g/mol. The van der Waals surface area contributed by atoms with Gasteiger partial charge in [0.2, 0.25) is 0 Å². The van der Waals surface area contributed by atoms with Crippen molar-refractivity contribution in [2.75, 3.05) is 6.54 Å². The summed E-state index contributed by atoms with van der Waals surface area (Å²) in [6, 6.07) is 17.5. The fourth-order valence-corrected chi connectivity index (χ4v) is 3.07. The van der Waals surface area contributed by atoms with Crippen molar-refractivity contribution in [2.24, 2.45) is 12.0 Å². The van der Waals surface area contributed by atoms with Crippen molar-refractivity contribution in [3.8, 4) is 5.75 Å². The molecule has 1 unspecified atom stereocenters. The molecule has 0 saturated carbocycles. The zero-order valence-electron chi connectivity index (χ0n) is 19.5. The van der Waals surface area contributed by atoms with E-state index in [2.05, 4.69) is 25.8 Å². The van der Waals surface area contributed by atoms with Crippen molar-refractivity contribution in [1.29, 1.82) is 0 Å². The number of aromatic nitrogens is 3. The van der Waals surface area contributed by atoms with Gasteiger partial charge in [0, 0.05) is 13.6 Å². The number of benzene rings is 2. The fraction of sp³-hybridized carbons (Fsp3) is 0.375. The highest BCUT2D eigenvalue weighted by Gasteiger charge is 2.12. The van der Waals surface area contributed by atoms with Gasteiger partial charge in [0.25, 0.3) is 0 Å². The summed E-state index contributed by atoms with van der Waals surface area (Å²) >= 11 is 0. The summed E-state index contributed by atoms with van der Waals surface area (Å²) in [7, 11) is 1.93. The Bertz CT molecular complexity index is 1020. The number of ether oxygens (including phenoxy) is 1. The lowest BCUT2D eigenvalue weighted by Crippen LogP contribution is -2.39. The van der Waals surface area contributed by atoms with E-state index in [1.54, 1.807) is 0 Å². The molecule has 1 heterocycles. The monoisotopic (exact) mass is 564 g/mol. The largest absolute Gasteiger partial charge is 0.491 e. The highest BCUT2D eigenvalue weighted by atomic mass is 127. The van der Waals surface area contributed by atoms with Crippen molar-refractivity contribution in [1.82, 2.24) is 25.4 Å². The first kappa shape index (κ1) is 26.6. The second-order valence-electron chi connectivity index (χ2n) is 7.86. The molecule has 0 saturated heterocycles. The van der Waals surface area contributed by atoms with Crippen LogP contribution in [0.3, 0.4) is 0 Å². The molecule has 2 aromatic carbocycles. The van der Waals surface area contributed by atoms with Crippen LogP contribution in [0.5, 0.6) is 5.75 Å². The molecule has 0 amide bonds. The van der Waals surface area contributed by atoms with E-state index in [4.69, 9.17) is 4.74 Å². The van der Waals surface area contributed by atoms with E-state index in [9.17, 15) is 5.11 Å². The lowest BCUT2D eigenvalue weighted by molar-refractivity contribution is 0.179. The third-order valence-corrected chi connectivity index (χ3v) is 4.94. The van der Waals surface area contributed by atoms with Gasteiger partial charge in [-0.15, -0.1) is 34.2 Å². The lowest BCUT2D eigenvalue weighted by atomic mass is 10.1. The number of aryl methyl sites for hydroxylation is 1. The van der Waals surface area contributed by atoms with Crippen LogP contribution >= 0.6 is 24.0 Å². The highest BCUT2D eigenvalue weighted by molar-refractivity contribution is 14.0. The van der Waals surface area contributed by atoms with Crippen LogP contribution in [0.4, 0.5) is 0 Å². The molecule has 0 aliphatic rings. The molecule has 33 heavy (non-hydrogen) atoms. The fourth-order valence-electron chi connectivity index (χ4n) is 3.07. The van der Waals surface area contributed by atoms with Gasteiger partial charge in [0.15, 0.2) is 11.8 Å². The van der Waals surface area contributed by atoms with Crippen molar-refractivity contribution in [3.05, 3.63) is 77.4 Å². The van der Waals surface area contributed by atoms with E-state index in [-0.39, 0.29) is 30.1 Å². The Balaban J connectivity index is 0.00000385. The molecule has 0 fully saturated rings. The van der Waals surface area contributed by atoms with E-state index in [1.165, 1.54) is 0 Å².